The van der Waals surface area contributed by atoms with E-state index in [4.69, 9.17) is 4.74 Å². The number of anilines is 1. The van der Waals surface area contributed by atoms with E-state index in [0.717, 1.165) is 27.0 Å². The molecule has 4 heteroatoms. The minimum Gasteiger partial charge on any atom is -0.491 e. The van der Waals surface area contributed by atoms with Crippen molar-refractivity contribution < 1.29 is 9.53 Å². The van der Waals surface area contributed by atoms with Crippen molar-refractivity contribution >= 4 is 27.5 Å². The van der Waals surface area contributed by atoms with Crippen LogP contribution in [0.2, 0.25) is 0 Å². The van der Waals surface area contributed by atoms with Crippen LogP contribution in [-0.2, 0) is 4.79 Å². The van der Waals surface area contributed by atoms with Crippen molar-refractivity contribution in [2.24, 2.45) is 0 Å². The van der Waals surface area contributed by atoms with Crippen LogP contribution in [0.1, 0.15) is 17.5 Å². The van der Waals surface area contributed by atoms with Crippen molar-refractivity contribution in [2.75, 3.05) is 18.6 Å². The molecule has 0 aliphatic carbocycles. The molecule has 0 spiro atoms. The summed E-state index contributed by atoms with van der Waals surface area (Å²) in [4.78, 5) is 13.4. The standard InChI is InChI=1S/C12H14BrNO2/c1-7-8(2)12-10(6-9(7)13)14(3)11(15)4-5-16-12/h6H,4-5H2,1-3H3. The van der Waals surface area contributed by atoms with Crippen LogP contribution in [0.5, 0.6) is 5.75 Å². The number of ether oxygens (including phenoxy) is 1. The van der Waals surface area contributed by atoms with Crippen LogP contribution in [0.4, 0.5) is 5.69 Å². The summed E-state index contributed by atoms with van der Waals surface area (Å²) in [6.07, 6.45) is 0.432. The second-order valence-electron chi connectivity index (χ2n) is 4.01. The highest BCUT2D eigenvalue weighted by atomic mass is 79.9. The summed E-state index contributed by atoms with van der Waals surface area (Å²) >= 11 is 3.50. The number of carbonyl (C=O) groups excluding carboxylic acids is 1. The highest BCUT2D eigenvalue weighted by Crippen LogP contribution is 2.39. The van der Waals surface area contributed by atoms with Gasteiger partial charge >= 0.3 is 0 Å². The van der Waals surface area contributed by atoms with Crippen LogP contribution in [-0.4, -0.2) is 19.6 Å². The minimum absolute atomic E-state index is 0.0916. The van der Waals surface area contributed by atoms with E-state index < -0.39 is 0 Å². The van der Waals surface area contributed by atoms with E-state index in [-0.39, 0.29) is 5.91 Å². The third kappa shape index (κ3) is 1.71. The monoisotopic (exact) mass is 283 g/mol. The summed E-state index contributed by atoms with van der Waals surface area (Å²) in [5.74, 6) is 0.919. The summed E-state index contributed by atoms with van der Waals surface area (Å²) in [6.45, 7) is 4.51. The third-order valence-electron chi connectivity index (χ3n) is 3.06. The van der Waals surface area contributed by atoms with Gasteiger partial charge in [-0.25, -0.2) is 0 Å². The van der Waals surface area contributed by atoms with Crippen molar-refractivity contribution in [2.45, 2.75) is 20.3 Å². The molecule has 0 saturated carbocycles. The predicted molar refractivity (Wildman–Crippen MR) is 67.1 cm³/mol. The number of carbonyl (C=O) groups is 1. The zero-order chi connectivity index (χ0) is 11.9. The molecule has 1 aromatic rings. The minimum atomic E-state index is 0.0916. The number of nitrogens with zero attached hydrogens (tertiary/aromatic N) is 1. The first-order valence-corrected chi connectivity index (χ1v) is 6.00. The molecule has 3 nitrogen and oxygen atoms in total. The molecule has 1 amide bonds. The van der Waals surface area contributed by atoms with Crippen molar-refractivity contribution in [1.82, 2.24) is 0 Å². The molecule has 1 aliphatic rings. The third-order valence-corrected chi connectivity index (χ3v) is 3.88. The summed E-state index contributed by atoms with van der Waals surface area (Å²) in [6, 6.07) is 1.95. The van der Waals surface area contributed by atoms with E-state index >= 15 is 0 Å². The quantitative estimate of drug-likeness (QED) is 0.733. The number of halogens is 1. The zero-order valence-electron chi connectivity index (χ0n) is 9.63. The summed E-state index contributed by atoms with van der Waals surface area (Å²) < 4.78 is 6.68. The van der Waals surface area contributed by atoms with E-state index in [2.05, 4.69) is 15.9 Å². The second-order valence-corrected chi connectivity index (χ2v) is 4.86. The Bertz CT molecular complexity index is 457. The molecular formula is C12H14BrNO2. The molecule has 86 valence electrons. The van der Waals surface area contributed by atoms with Gasteiger partial charge in [-0.05, 0) is 31.0 Å². The first kappa shape index (κ1) is 11.5. The maximum absolute atomic E-state index is 11.7. The number of hydrogen-bond donors (Lipinski definition) is 0. The molecule has 0 saturated heterocycles. The lowest BCUT2D eigenvalue weighted by Crippen LogP contribution is -2.25. The van der Waals surface area contributed by atoms with Gasteiger partial charge in [0.2, 0.25) is 5.91 Å². The van der Waals surface area contributed by atoms with Gasteiger partial charge in [-0.2, -0.15) is 0 Å². The van der Waals surface area contributed by atoms with E-state index in [1.54, 1.807) is 11.9 Å². The number of benzene rings is 1. The summed E-state index contributed by atoms with van der Waals surface area (Å²) in [5, 5.41) is 0. The normalized spacial score (nSPS) is 15.5. The van der Waals surface area contributed by atoms with Gasteiger partial charge in [0.05, 0.1) is 18.7 Å². The van der Waals surface area contributed by atoms with Crippen molar-refractivity contribution in [3.63, 3.8) is 0 Å². The largest absolute Gasteiger partial charge is 0.491 e. The van der Waals surface area contributed by atoms with E-state index in [1.807, 2.05) is 19.9 Å². The Morgan fingerprint density at radius 2 is 2.06 bits per heavy atom. The van der Waals surface area contributed by atoms with Gasteiger partial charge in [-0.1, -0.05) is 15.9 Å². The molecule has 0 atom stereocenters. The van der Waals surface area contributed by atoms with Gasteiger partial charge in [0.15, 0.2) is 0 Å². The Balaban J connectivity index is 2.64. The molecule has 0 N–H and O–H groups in total. The Labute approximate surface area is 104 Å². The van der Waals surface area contributed by atoms with Crippen LogP contribution in [0, 0.1) is 13.8 Å². The van der Waals surface area contributed by atoms with Gasteiger partial charge in [-0.15, -0.1) is 0 Å². The van der Waals surface area contributed by atoms with Crippen molar-refractivity contribution in [1.29, 1.82) is 0 Å². The van der Waals surface area contributed by atoms with Gasteiger partial charge in [0.1, 0.15) is 5.75 Å². The second kappa shape index (κ2) is 4.09. The average Bonchev–Trinajstić information content (AvgIpc) is 2.39. The maximum Gasteiger partial charge on any atom is 0.230 e. The number of rotatable bonds is 0. The van der Waals surface area contributed by atoms with Gasteiger partial charge in [0, 0.05) is 11.5 Å². The Hall–Kier alpha value is -1.03. The highest BCUT2D eigenvalue weighted by molar-refractivity contribution is 9.10. The Morgan fingerprint density at radius 1 is 1.38 bits per heavy atom. The molecule has 16 heavy (non-hydrogen) atoms. The Morgan fingerprint density at radius 3 is 2.75 bits per heavy atom. The molecule has 1 aromatic carbocycles. The Kier molecular flexibility index (Phi) is 2.93. The maximum atomic E-state index is 11.7. The molecule has 1 heterocycles. The van der Waals surface area contributed by atoms with Gasteiger partial charge < -0.3 is 9.64 Å². The van der Waals surface area contributed by atoms with Gasteiger partial charge in [0.25, 0.3) is 0 Å². The van der Waals surface area contributed by atoms with Crippen LogP contribution < -0.4 is 9.64 Å². The first-order valence-electron chi connectivity index (χ1n) is 5.21. The van der Waals surface area contributed by atoms with Crippen LogP contribution in [0.3, 0.4) is 0 Å². The highest BCUT2D eigenvalue weighted by Gasteiger charge is 2.23. The van der Waals surface area contributed by atoms with Crippen molar-refractivity contribution in [3.05, 3.63) is 21.7 Å². The fourth-order valence-corrected chi connectivity index (χ4v) is 2.32. The van der Waals surface area contributed by atoms with Crippen LogP contribution in [0.15, 0.2) is 10.5 Å². The van der Waals surface area contributed by atoms with E-state index in [0.29, 0.717) is 13.0 Å². The lowest BCUT2D eigenvalue weighted by atomic mass is 10.1. The number of hydrogen-bond acceptors (Lipinski definition) is 2. The van der Waals surface area contributed by atoms with E-state index in [1.165, 1.54) is 0 Å². The summed E-state index contributed by atoms with van der Waals surface area (Å²) in [5.41, 5.74) is 3.09. The molecule has 0 aromatic heterocycles. The molecule has 0 radical (unpaired) electrons. The zero-order valence-corrected chi connectivity index (χ0v) is 11.2. The van der Waals surface area contributed by atoms with E-state index in [9.17, 15) is 4.79 Å². The fraction of sp³-hybridized carbons (Fsp3) is 0.417. The van der Waals surface area contributed by atoms with Crippen LogP contribution in [0.25, 0.3) is 0 Å². The molecule has 1 aliphatic heterocycles. The first-order chi connectivity index (χ1) is 7.52. The lowest BCUT2D eigenvalue weighted by Gasteiger charge is -2.19. The molecular weight excluding hydrogens is 270 g/mol. The average molecular weight is 284 g/mol. The summed E-state index contributed by atoms with van der Waals surface area (Å²) in [7, 11) is 1.79. The molecule has 0 bridgehead atoms. The SMILES string of the molecule is Cc1c(Br)cc2c(c1C)OCCC(=O)N2C. The molecule has 0 fully saturated rings. The molecule has 2 rings (SSSR count). The van der Waals surface area contributed by atoms with Crippen molar-refractivity contribution in [3.8, 4) is 5.75 Å². The predicted octanol–water partition coefficient (Wildman–Crippen LogP) is 2.81. The number of amides is 1. The van der Waals surface area contributed by atoms with Gasteiger partial charge in [-0.3, -0.25) is 4.79 Å². The van der Waals surface area contributed by atoms with Crippen LogP contribution >= 0.6 is 15.9 Å². The topological polar surface area (TPSA) is 29.5 Å². The molecule has 0 unspecified atom stereocenters. The number of fused-ring (bicyclic) bond motifs is 1. The fourth-order valence-electron chi connectivity index (χ4n) is 1.81. The smallest absolute Gasteiger partial charge is 0.230 e. The lowest BCUT2D eigenvalue weighted by molar-refractivity contribution is -0.118.